The summed E-state index contributed by atoms with van der Waals surface area (Å²) in [6.45, 7) is 7.73. The normalized spacial score (nSPS) is 20.9. The average Bonchev–Trinajstić information content (AvgIpc) is 3.14. The molecule has 0 saturated carbocycles. The third kappa shape index (κ3) is 4.99. The molecule has 2 aliphatic heterocycles. The zero-order chi connectivity index (χ0) is 21.1. The number of aromatic nitrogens is 2. The Morgan fingerprint density at radius 3 is 2.80 bits per heavy atom. The highest BCUT2D eigenvalue weighted by atomic mass is 35.5. The Labute approximate surface area is 188 Å². The van der Waals surface area contributed by atoms with Gasteiger partial charge in [0.25, 0.3) is 0 Å². The zero-order valence-corrected chi connectivity index (χ0v) is 18.8. The van der Waals surface area contributed by atoms with Crippen molar-refractivity contribution in [3.8, 4) is 0 Å². The minimum Gasteiger partial charge on any atom is -0.396 e. The third-order valence-corrected chi connectivity index (χ3v) is 6.82. The van der Waals surface area contributed by atoms with Crippen molar-refractivity contribution in [1.29, 1.82) is 0 Å². The largest absolute Gasteiger partial charge is 0.396 e. The molecule has 2 aromatic rings. The van der Waals surface area contributed by atoms with Crippen molar-refractivity contribution in [3.05, 3.63) is 46.2 Å². The van der Waals surface area contributed by atoms with Crippen LogP contribution in [0.5, 0.6) is 0 Å². The fraction of sp³-hybridized carbons (Fsp3) is 0.545. The lowest BCUT2D eigenvalue weighted by Gasteiger charge is -2.43. The van der Waals surface area contributed by atoms with E-state index >= 15 is 0 Å². The van der Waals surface area contributed by atoms with E-state index in [-0.39, 0.29) is 12.6 Å². The van der Waals surface area contributed by atoms with Crippen LogP contribution in [-0.2, 0) is 0 Å². The van der Waals surface area contributed by atoms with Gasteiger partial charge in [-0.3, -0.25) is 4.98 Å². The molecule has 0 bridgehead atoms. The maximum Gasteiger partial charge on any atom is 0.149 e. The molecule has 2 N–H and O–H groups in total. The van der Waals surface area contributed by atoms with Gasteiger partial charge in [-0.2, -0.15) is 0 Å². The van der Waals surface area contributed by atoms with E-state index in [1.807, 2.05) is 25.3 Å². The van der Waals surface area contributed by atoms with Crippen LogP contribution in [0.4, 0.5) is 11.6 Å². The van der Waals surface area contributed by atoms with Gasteiger partial charge in [-0.1, -0.05) is 29.3 Å². The predicted octanol–water partition coefficient (Wildman–Crippen LogP) is 4.10. The minimum atomic E-state index is -0.00755. The van der Waals surface area contributed by atoms with Gasteiger partial charge in [-0.05, 0) is 55.8 Å². The number of anilines is 2. The summed E-state index contributed by atoms with van der Waals surface area (Å²) >= 11 is 12.3. The van der Waals surface area contributed by atoms with Crippen molar-refractivity contribution >= 4 is 34.8 Å². The first-order chi connectivity index (χ1) is 14.5. The molecule has 8 heteroatoms. The van der Waals surface area contributed by atoms with Crippen molar-refractivity contribution in [1.82, 2.24) is 14.9 Å². The molecule has 0 radical (unpaired) electrons. The van der Waals surface area contributed by atoms with E-state index in [1.54, 1.807) is 12.3 Å². The monoisotopic (exact) mass is 449 g/mol. The molecule has 0 amide bonds. The SMILES string of the molecule is C[C@@H](Nc1cncc(N2CC([C@H]3CCN(CCCO)C3)C2)n1)c1ccc(Cl)cc1Cl. The first-order valence-corrected chi connectivity index (χ1v) is 11.4. The van der Waals surface area contributed by atoms with Crippen molar-refractivity contribution in [2.45, 2.75) is 25.8 Å². The number of nitrogens with one attached hydrogen (secondary N) is 1. The van der Waals surface area contributed by atoms with Crippen molar-refractivity contribution in [2.24, 2.45) is 11.8 Å². The van der Waals surface area contributed by atoms with Crippen molar-refractivity contribution < 1.29 is 5.11 Å². The second kappa shape index (κ2) is 9.69. The maximum absolute atomic E-state index is 9.02. The second-order valence-corrected chi connectivity index (χ2v) is 9.23. The van der Waals surface area contributed by atoms with E-state index < -0.39 is 0 Å². The number of hydrogen-bond acceptors (Lipinski definition) is 6. The van der Waals surface area contributed by atoms with Gasteiger partial charge in [0.2, 0.25) is 0 Å². The summed E-state index contributed by atoms with van der Waals surface area (Å²) in [5.74, 6) is 3.13. The summed E-state index contributed by atoms with van der Waals surface area (Å²) in [7, 11) is 0. The molecule has 30 heavy (non-hydrogen) atoms. The van der Waals surface area contributed by atoms with Crippen LogP contribution in [0.15, 0.2) is 30.6 Å². The molecule has 2 atom stereocenters. The number of benzene rings is 1. The standard InChI is InChI=1S/C22H29Cl2N5O/c1-15(19-4-3-18(23)9-20(19)24)26-21-10-25-11-22(27-21)29-13-17(14-29)16-5-7-28(12-16)6-2-8-30/h3-4,9-11,15-17,30H,2,5-8,12-14H2,1H3,(H,26,27)/t15-,16+/m1/s1. The second-order valence-electron chi connectivity index (χ2n) is 8.39. The molecule has 1 aromatic heterocycles. The number of halogens is 2. The van der Waals surface area contributed by atoms with Crippen molar-refractivity contribution in [2.75, 3.05) is 49.5 Å². The molecule has 3 heterocycles. The van der Waals surface area contributed by atoms with Crippen LogP contribution in [0.25, 0.3) is 0 Å². The molecule has 6 nitrogen and oxygen atoms in total. The highest BCUT2D eigenvalue weighted by Crippen LogP contribution is 2.34. The van der Waals surface area contributed by atoms with Gasteiger partial charge in [0.15, 0.2) is 0 Å². The van der Waals surface area contributed by atoms with E-state index in [2.05, 4.69) is 20.1 Å². The highest BCUT2D eigenvalue weighted by molar-refractivity contribution is 6.35. The van der Waals surface area contributed by atoms with E-state index in [1.165, 1.54) is 6.42 Å². The maximum atomic E-state index is 9.02. The van der Waals surface area contributed by atoms with Crippen LogP contribution in [0.2, 0.25) is 10.0 Å². The van der Waals surface area contributed by atoms with E-state index in [0.29, 0.717) is 16.0 Å². The Kier molecular flexibility index (Phi) is 6.98. The molecule has 2 saturated heterocycles. The molecular formula is C22H29Cl2N5O. The summed E-state index contributed by atoms with van der Waals surface area (Å²) in [6, 6.07) is 5.53. The molecule has 0 aliphatic carbocycles. The van der Waals surface area contributed by atoms with Crippen LogP contribution < -0.4 is 10.2 Å². The van der Waals surface area contributed by atoms with Gasteiger partial charge in [0.05, 0.1) is 18.4 Å². The van der Waals surface area contributed by atoms with Gasteiger partial charge in [0.1, 0.15) is 11.6 Å². The fourth-order valence-electron chi connectivity index (χ4n) is 4.47. The first kappa shape index (κ1) is 21.6. The summed E-state index contributed by atoms with van der Waals surface area (Å²) in [5.41, 5.74) is 0.976. The lowest BCUT2D eigenvalue weighted by atomic mass is 9.85. The Morgan fingerprint density at radius 2 is 2.03 bits per heavy atom. The van der Waals surface area contributed by atoms with E-state index in [9.17, 15) is 0 Å². The predicted molar refractivity (Wildman–Crippen MR) is 122 cm³/mol. The van der Waals surface area contributed by atoms with Crippen LogP contribution in [0, 0.1) is 11.8 Å². The van der Waals surface area contributed by atoms with Crippen molar-refractivity contribution in [3.63, 3.8) is 0 Å². The van der Waals surface area contributed by atoms with Crippen LogP contribution in [0.3, 0.4) is 0 Å². The van der Waals surface area contributed by atoms with Gasteiger partial charge in [0, 0.05) is 42.8 Å². The number of aliphatic hydroxyl groups is 1. The number of hydrogen-bond donors (Lipinski definition) is 2. The average molecular weight is 450 g/mol. The summed E-state index contributed by atoms with van der Waals surface area (Å²) in [4.78, 5) is 13.9. The Morgan fingerprint density at radius 1 is 1.20 bits per heavy atom. The van der Waals surface area contributed by atoms with E-state index in [0.717, 1.165) is 62.3 Å². The number of nitrogens with zero attached hydrogens (tertiary/aromatic N) is 4. The summed E-state index contributed by atoms with van der Waals surface area (Å²) in [6.07, 6.45) is 5.72. The smallest absolute Gasteiger partial charge is 0.149 e. The molecular weight excluding hydrogens is 421 g/mol. The molecule has 2 fully saturated rings. The third-order valence-electron chi connectivity index (χ3n) is 6.26. The minimum absolute atomic E-state index is 0.00755. The highest BCUT2D eigenvalue weighted by Gasteiger charge is 2.37. The molecule has 4 rings (SSSR count). The molecule has 0 unspecified atom stereocenters. The van der Waals surface area contributed by atoms with Gasteiger partial charge in [-0.15, -0.1) is 0 Å². The number of rotatable bonds is 8. The lowest BCUT2D eigenvalue weighted by molar-refractivity contribution is 0.226. The Hall–Kier alpha value is -1.60. The van der Waals surface area contributed by atoms with Gasteiger partial charge < -0.3 is 20.2 Å². The molecule has 1 aromatic carbocycles. The topological polar surface area (TPSA) is 64.5 Å². The van der Waals surface area contributed by atoms with Crippen LogP contribution in [0.1, 0.15) is 31.4 Å². The Balaban J connectivity index is 1.31. The number of likely N-dealkylation sites (tertiary alicyclic amines) is 1. The summed E-state index contributed by atoms with van der Waals surface area (Å²) in [5, 5.41) is 13.7. The quantitative estimate of drug-likeness (QED) is 0.632. The van der Waals surface area contributed by atoms with Gasteiger partial charge >= 0.3 is 0 Å². The zero-order valence-electron chi connectivity index (χ0n) is 17.3. The van der Waals surface area contributed by atoms with Crippen LogP contribution >= 0.6 is 23.2 Å². The number of aliphatic hydroxyl groups excluding tert-OH is 1. The van der Waals surface area contributed by atoms with Crippen LogP contribution in [-0.4, -0.2) is 59.3 Å². The Bertz CT molecular complexity index is 861. The molecule has 162 valence electrons. The van der Waals surface area contributed by atoms with E-state index in [4.69, 9.17) is 33.3 Å². The molecule has 2 aliphatic rings. The lowest BCUT2D eigenvalue weighted by Crippen LogP contribution is -2.51. The summed E-state index contributed by atoms with van der Waals surface area (Å²) < 4.78 is 0. The van der Waals surface area contributed by atoms with Gasteiger partial charge in [-0.25, -0.2) is 4.98 Å². The molecule has 0 spiro atoms. The first-order valence-electron chi connectivity index (χ1n) is 10.6. The fourth-order valence-corrected chi connectivity index (χ4v) is 5.04.